The molecule has 6 nitrogen and oxygen atoms in total. The fourth-order valence-electron chi connectivity index (χ4n) is 3.12. The fourth-order valence-corrected chi connectivity index (χ4v) is 3.12. The van der Waals surface area contributed by atoms with Crippen LogP contribution in [0.3, 0.4) is 0 Å². The Bertz CT molecular complexity index is 765. The molecule has 148 valence electrons. The number of hydrogen-bond acceptors (Lipinski definition) is 3. The molecule has 0 saturated heterocycles. The van der Waals surface area contributed by atoms with Crippen LogP contribution in [0.2, 0.25) is 0 Å². The van der Waals surface area contributed by atoms with Crippen LogP contribution in [0.1, 0.15) is 63.3 Å². The molecule has 0 N–H and O–H groups in total. The van der Waals surface area contributed by atoms with Crippen molar-refractivity contribution in [1.29, 1.82) is 0 Å². The number of benzene rings is 1. The van der Waals surface area contributed by atoms with E-state index in [1.807, 2.05) is 0 Å². The quantitative estimate of drug-likeness (QED) is 0.348. The number of rotatable bonds is 2. The van der Waals surface area contributed by atoms with E-state index in [9.17, 15) is 18.0 Å². The summed E-state index contributed by atoms with van der Waals surface area (Å²) in [6, 6.07) is 1.74. The zero-order chi connectivity index (χ0) is 20.4. The largest absolute Gasteiger partial charge is 0.443 e. The highest BCUT2D eigenvalue weighted by Gasteiger charge is 2.37. The van der Waals surface area contributed by atoms with Gasteiger partial charge in [-0.05, 0) is 62.8 Å². The van der Waals surface area contributed by atoms with Crippen LogP contribution in [0.25, 0.3) is 10.4 Å². The number of amides is 1. The SMILES string of the molecule is CCc1cc2c(cc1C(F)(F)F)N(C(=O)OC(C)(C)C)CCC[C@@H]2N=[N+]=[N-]. The first kappa shape index (κ1) is 20.9. The van der Waals surface area contributed by atoms with Gasteiger partial charge < -0.3 is 4.74 Å². The van der Waals surface area contributed by atoms with Gasteiger partial charge in [0.15, 0.2) is 0 Å². The van der Waals surface area contributed by atoms with Crippen molar-refractivity contribution in [3.63, 3.8) is 0 Å². The average Bonchev–Trinajstić information content (AvgIpc) is 2.71. The molecule has 0 bridgehead atoms. The molecule has 2 rings (SSSR count). The van der Waals surface area contributed by atoms with Gasteiger partial charge in [0.1, 0.15) is 5.60 Å². The predicted molar refractivity (Wildman–Crippen MR) is 95.5 cm³/mol. The van der Waals surface area contributed by atoms with E-state index in [-0.39, 0.29) is 24.2 Å². The Kier molecular flexibility index (Phi) is 5.94. The third-order valence-electron chi connectivity index (χ3n) is 4.25. The van der Waals surface area contributed by atoms with Gasteiger partial charge in [-0.3, -0.25) is 4.90 Å². The lowest BCUT2D eigenvalue weighted by atomic mass is 9.94. The Hall–Kier alpha value is -2.41. The minimum atomic E-state index is -4.56. The van der Waals surface area contributed by atoms with Crippen molar-refractivity contribution >= 4 is 11.8 Å². The topological polar surface area (TPSA) is 78.3 Å². The molecule has 0 radical (unpaired) electrons. The summed E-state index contributed by atoms with van der Waals surface area (Å²) in [5, 5.41) is 3.74. The van der Waals surface area contributed by atoms with Crippen LogP contribution in [-0.2, 0) is 17.3 Å². The molecular formula is C18H23F3N4O2. The molecule has 0 spiro atoms. The zero-order valence-corrected chi connectivity index (χ0v) is 15.8. The highest BCUT2D eigenvalue weighted by atomic mass is 19.4. The van der Waals surface area contributed by atoms with E-state index < -0.39 is 29.5 Å². The van der Waals surface area contributed by atoms with Gasteiger partial charge in [0.25, 0.3) is 0 Å². The summed E-state index contributed by atoms with van der Waals surface area (Å²) in [6.45, 7) is 6.87. The van der Waals surface area contributed by atoms with Gasteiger partial charge in [0, 0.05) is 11.5 Å². The van der Waals surface area contributed by atoms with Gasteiger partial charge in [-0.2, -0.15) is 13.2 Å². The monoisotopic (exact) mass is 384 g/mol. The zero-order valence-electron chi connectivity index (χ0n) is 15.8. The number of azide groups is 1. The predicted octanol–water partition coefficient (Wildman–Crippen LogP) is 6.15. The minimum Gasteiger partial charge on any atom is -0.443 e. The minimum absolute atomic E-state index is 0.0867. The van der Waals surface area contributed by atoms with Crippen molar-refractivity contribution in [2.75, 3.05) is 11.4 Å². The summed E-state index contributed by atoms with van der Waals surface area (Å²) in [4.78, 5) is 16.7. The van der Waals surface area contributed by atoms with E-state index in [1.54, 1.807) is 27.7 Å². The summed E-state index contributed by atoms with van der Waals surface area (Å²) >= 11 is 0. The van der Waals surface area contributed by atoms with E-state index >= 15 is 0 Å². The van der Waals surface area contributed by atoms with Crippen LogP contribution in [0, 0.1) is 0 Å². The van der Waals surface area contributed by atoms with Crippen LogP contribution in [0.5, 0.6) is 0 Å². The van der Waals surface area contributed by atoms with E-state index in [0.29, 0.717) is 18.4 Å². The van der Waals surface area contributed by atoms with Crippen molar-refractivity contribution in [2.45, 2.75) is 64.8 Å². The summed E-state index contributed by atoms with van der Waals surface area (Å²) in [5.41, 5.74) is 7.87. The number of nitrogens with zero attached hydrogens (tertiary/aromatic N) is 4. The summed E-state index contributed by atoms with van der Waals surface area (Å²) in [7, 11) is 0. The lowest BCUT2D eigenvalue weighted by molar-refractivity contribution is -0.138. The van der Waals surface area contributed by atoms with Gasteiger partial charge >= 0.3 is 12.3 Å². The van der Waals surface area contributed by atoms with Crippen LogP contribution >= 0.6 is 0 Å². The number of hydrogen-bond donors (Lipinski definition) is 0. The molecule has 0 aromatic heterocycles. The molecule has 1 aromatic rings. The maximum atomic E-state index is 13.5. The summed E-state index contributed by atoms with van der Waals surface area (Å²) in [5.74, 6) is 0. The molecule has 0 aliphatic carbocycles. The normalized spacial score (nSPS) is 17.6. The van der Waals surface area contributed by atoms with Gasteiger partial charge in [0.2, 0.25) is 0 Å². The molecule has 1 heterocycles. The maximum absolute atomic E-state index is 13.5. The standard InChI is InChI=1S/C18H23F3N4O2/c1-5-11-9-12-14(23-24-22)7-6-8-25(16(26)27-17(2,3)4)15(12)10-13(11)18(19,20)21/h9-10,14H,5-8H2,1-4H3/t14-/m0/s1. The van der Waals surface area contributed by atoms with Crippen LogP contribution in [-0.4, -0.2) is 18.2 Å². The second-order valence-electron chi connectivity index (χ2n) is 7.41. The maximum Gasteiger partial charge on any atom is 0.416 e. The highest BCUT2D eigenvalue weighted by Crippen LogP contribution is 2.42. The van der Waals surface area contributed by atoms with E-state index in [1.165, 1.54) is 11.0 Å². The first-order chi connectivity index (χ1) is 12.5. The van der Waals surface area contributed by atoms with E-state index in [4.69, 9.17) is 10.3 Å². The summed E-state index contributed by atoms with van der Waals surface area (Å²) in [6.07, 6.45) is -4.20. The third-order valence-corrected chi connectivity index (χ3v) is 4.25. The Labute approximate surface area is 155 Å². The molecule has 1 amide bonds. The molecule has 9 heteroatoms. The molecule has 0 saturated carbocycles. The van der Waals surface area contributed by atoms with Crippen LogP contribution < -0.4 is 4.90 Å². The molecule has 0 unspecified atom stereocenters. The number of alkyl halides is 3. The van der Waals surface area contributed by atoms with E-state index in [0.717, 1.165) is 6.07 Å². The molecule has 1 aliphatic rings. The molecule has 1 atom stereocenters. The van der Waals surface area contributed by atoms with Gasteiger partial charge in [0.05, 0.1) is 17.3 Å². The Morgan fingerprint density at radius 3 is 2.56 bits per heavy atom. The van der Waals surface area contributed by atoms with Gasteiger partial charge in [-0.25, -0.2) is 4.79 Å². The molecule has 1 aromatic carbocycles. The number of halogens is 3. The molecular weight excluding hydrogens is 361 g/mol. The average molecular weight is 384 g/mol. The number of carbonyl (C=O) groups is 1. The van der Waals surface area contributed by atoms with E-state index in [2.05, 4.69) is 10.0 Å². The molecule has 0 fully saturated rings. The molecule has 1 aliphatic heterocycles. The Morgan fingerprint density at radius 2 is 2.04 bits per heavy atom. The highest BCUT2D eigenvalue weighted by molar-refractivity contribution is 5.89. The lowest BCUT2D eigenvalue weighted by Crippen LogP contribution is -2.37. The fraction of sp³-hybridized carbons (Fsp3) is 0.611. The van der Waals surface area contributed by atoms with Crippen molar-refractivity contribution in [3.05, 3.63) is 39.3 Å². The van der Waals surface area contributed by atoms with Crippen LogP contribution in [0.15, 0.2) is 17.2 Å². The number of carbonyl (C=O) groups excluding carboxylic acids is 1. The van der Waals surface area contributed by atoms with Gasteiger partial charge in [-0.15, -0.1) is 0 Å². The first-order valence-electron chi connectivity index (χ1n) is 8.76. The Morgan fingerprint density at radius 1 is 1.37 bits per heavy atom. The number of fused-ring (bicyclic) bond motifs is 1. The number of anilines is 1. The van der Waals surface area contributed by atoms with Crippen molar-refractivity contribution < 1.29 is 22.7 Å². The first-order valence-corrected chi connectivity index (χ1v) is 8.76. The number of aryl methyl sites for hydroxylation is 1. The lowest BCUT2D eigenvalue weighted by Gasteiger charge is -2.29. The van der Waals surface area contributed by atoms with Crippen LogP contribution in [0.4, 0.5) is 23.7 Å². The third kappa shape index (κ3) is 4.86. The van der Waals surface area contributed by atoms with Crippen molar-refractivity contribution in [3.8, 4) is 0 Å². The number of ether oxygens (including phenoxy) is 1. The Balaban J connectivity index is 2.67. The molecule has 27 heavy (non-hydrogen) atoms. The second-order valence-corrected chi connectivity index (χ2v) is 7.41. The smallest absolute Gasteiger partial charge is 0.416 e. The van der Waals surface area contributed by atoms with Gasteiger partial charge in [-0.1, -0.05) is 18.1 Å². The second kappa shape index (κ2) is 7.68. The summed E-state index contributed by atoms with van der Waals surface area (Å²) < 4.78 is 46.0. The van der Waals surface area contributed by atoms with Crippen molar-refractivity contribution in [2.24, 2.45) is 5.11 Å². The van der Waals surface area contributed by atoms with Crippen molar-refractivity contribution in [1.82, 2.24) is 0 Å².